The zero-order valence-corrected chi connectivity index (χ0v) is 13.2. The third-order valence-corrected chi connectivity index (χ3v) is 3.51. The molecule has 0 aliphatic rings. The fourth-order valence-corrected chi connectivity index (χ4v) is 2.25. The number of amides is 2. The van der Waals surface area contributed by atoms with Gasteiger partial charge in [0, 0.05) is 4.47 Å². The van der Waals surface area contributed by atoms with E-state index in [1.165, 1.54) is 19.2 Å². The van der Waals surface area contributed by atoms with Crippen molar-refractivity contribution in [2.24, 2.45) is 0 Å². The maximum absolute atomic E-state index is 12.0. The molecule has 0 bridgehead atoms. The summed E-state index contributed by atoms with van der Waals surface area (Å²) in [5.41, 5.74) is 0.835. The fraction of sp³-hybridized carbons (Fsp3) is 0.0667. The van der Waals surface area contributed by atoms with E-state index in [1.54, 1.807) is 24.3 Å². The number of methoxy groups -OCH3 is 1. The normalized spacial score (nSPS) is 9.91. The molecule has 3 N–H and O–H groups in total. The van der Waals surface area contributed by atoms with Gasteiger partial charge in [-0.15, -0.1) is 0 Å². The Hall–Kier alpha value is -2.54. The molecular formula is C15H13BrN2O4. The first-order valence-electron chi connectivity index (χ1n) is 6.25. The lowest BCUT2D eigenvalue weighted by atomic mass is 10.1. The molecule has 0 radical (unpaired) electrons. The number of para-hydroxylation sites is 2. The Bertz CT molecular complexity index is 718. The number of aromatic carboxylic acids is 1. The minimum absolute atomic E-state index is 0.0267. The van der Waals surface area contributed by atoms with E-state index in [-0.39, 0.29) is 17.0 Å². The van der Waals surface area contributed by atoms with Crippen molar-refractivity contribution in [1.29, 1.82) is 0 Å². The van der Waals surface area contributed by atoms with Crippen molar-refractivity contribution in [1.82, 2.24) is 0 Å². The highest BCUT2D eigenvalue weighted by Crippen LogP contribution is 2.29. The van der Waals surface area contributed by atoms with Gasteiger partial charge in [0.2, 0.25) is 0 Å². The van der Waals surface area contributed by atoms with Crippen molar-refractivity contribution >= 4 is 39.3 Å². The highest BCUT2D eigenvalue weighted by molar-refractivity contribution is 9.10. The average molecular weight is 365 g/mol. The lowest BCUT2D eigenvalue weighted by Crippen LogP contribution is -2.20. The molecule has 0 aliphatic heterocycles. The number of benzene rings is 2. The van der Waals surface area contributed by atoms with Crippen LogP contribution in [0.5, 0.6) is 5.75 Å². The highest BCUT2D eigenvalue weighted by Gasteiger charge is 2.16. The van der Waals surface area contributed by atoms with Crippen LogP contribution < -0.4 is 15.4 Å². The number of rotatable bonds is 4. The number of anilines is 2. The van der Waals surface area contributed by atoms with Crippen molar-refractivity contribution in [3.05, 3.63) is 52.5 Å². The molecule has 2 rings (SSSR count). The molecule has 22 heavy (non-hydrogen) atoms. The van der Waals surface area contributed by atoms with Gasteiger partial charge in [0.25, 0.3) is 0 Å². The molecule has 114 valence electrons. The predicted molar refractivity (Wildman–Crippen MR) is 86.7 cm³/mol. The number of hydrogen-bond donors (Lipinski definition) is 3. The van der Waals surface area contributed by atoms with Crippen LogP contribution in [0.15, 0.2) is 46.9 Å². The van der Waals surface area contributed by atoms with Gasteiger partial charge in [-0.2, -0.15) is 0 Å². The molecule has 0 atom stereocenters. The summed E-state index contributed by atoms with van der Waals surface area (Å²) in [6.45, 7) is 0. The second-order valence-electron chi connectivity index (χ2n) is 4.25. The molecular weight excluding hydrogens is 352 g/mol. The van der Waals surface area contributed by atoms with Gasteiger partial charge in [-0.05, 0) is 40.2 Å². The van der Waals surface area contributed by atoms with Crippen LogP contribution in [-0.4, -0.2) is 24.2 Å². The van der Waals surface area contributed by atoms with Gasteiger partial charge in [0.15, 0.2) is 5.75 Å². The quantitative estimate of drug-likeness (QED) is 0.769. The first kappa shape index (κ1) is 15.8. The number of carboxylic acid groups (broad SMARTS) is 1. The lowest BCUT2D eigenvalue weighted by molar-refractivity contribution is 0.0693. The van der Waals surface area contributed by atoms with E-state index in [9.17, 15) is 9.59 Å². The van der Waals surface area contributed by atoms with Crippen LogP contribution in [0.2, 0.25) is 0 Å². The van der Waals surface area contributed by atoms with Crippen LogP contribution in [0.25, 0.3) is 0 Å². The first-order chi connectivity index (χ1) is 10.5. The average Bonchev–Trinajstić information content (AvgIpc) is 2.49. The maximum Gasteiger partial charge on any atom is 0.339 e. The minimum atomic E-state index is -1.13. The fourth-order valence-electron chi connectivity index (χ4n) is 1.86. The van der Waals surface area contributed by atoms with E-state index < -0.39 is 12.0 Å². The van der Waals surface area contributed by atoms with E-state index in [4.69, 9.17) is 9.84 Å². The Balaban J connectivity index is 2.20. The Labute approximate surface area is 135 Å². The molecule has 0 saturated carbocycles. The van der Waals surface area contributed by atoms with Gasteiger partial charge in [0.1, 0.15) is 5.56 Å². The monoisotopic (exact) mass is 364 g/mol. The van der Waals surface area contributed by atoms with Crippen molar-refractivity contribution in [3.63, 3.8) is 0 Å². The largest absolute Gasteiger partial charge is 0.494 e. The van der Waals surface area contributed by atoms with Crippen molar-refractivity contribution in [3.8, 4) is 5.75 Å². The van der Waals surface area contributed by atoms with Gasteiger partial charge in [-0.3, -0.25) is 0 Å². The lowest BCUT2D eigenvalue weighted by Gasteiger charge is -2.13. The molecule has 0 aliphatic carbocycles. The molecule has 2 aromatic rings. The van der Waals surface area contributed by atoms with E-state index >= 15 is 0 Å². The summed E-state index contributed by atoms with van der Waals surface area (Å²) in [6, 6.07) is 11.1. The summed E-state index contributed by atoms with van der Waals surface area (Å²) in [7, 11) is 1.35. The summed E-state index contributed by atoms with van der Waals surface area (Å²) in [5.74, 6) is -1.04. The first-order valence-corrected chi connectivity index (χ1v) is 7.05. The Morgan fingerprint density at radius 2 is 1.68 bits per heavy atom. The number of nitrogens with one attached hydrogen (secondary N) is 2. The zero-order chi connectivity index (χ0) is 16.1. The molecule has 0 aromatic heterocycles. The van der Waals surface area contributed by atoms with Crippen LogP contribution in [-0.2, 0) is 0 Å². The summed E-state index contributed by atoms with van der Waals surface area (Å²) in [5, 5.41) is 14.3. The van der Waals surface area contributed by atoms with Crippen LogP contribution >= 0.6 is 15.9 Å². The zero-order valence-electron chi connectivity index (χ0n) is 11.6. The summed E-state index contributed by atoms with van der Waals surface area (Å²) >= 11 is 3.32. The number of carbonyl (C=O) groups excluding carboxylic acids is 1. The van der Waals surface area contributed by atoms with Gasteiger partial charge in [0.05, 0.1) is 18.5 Å². The number of ether oxygens (including phenoxy) is 1. The second-order valence-corrected chi connectivity index (χ2v) is 5.10. The van der Waals surface area contributed by atoms with Crippen LogP contribution in [0.3, 0.4) is 0 Å². The second kappa shape index (κ2) is 6.95. The Morgan fingerprint density at radius 3 is 2.32 bits per heavy atom. The number of halogens is 1. The molecule has 0 saturated heterocycles. The molecule has 0 fully saturated rings. The Kier molecular flexibility index (Phi) is 5.00. The van der Waals surface area contributed by atoms with Crippen LogP contribution in [0.4, 0.5) is 16.2 Å². The molecule has 2 amide bonds. The molecule has 0 spiro atoms. The Morgan fingerprint density at radius 1 is 1.05 bits per heavy atom. The molecule has 7 heteroatoms. The van der Waals surface area contributed by atoms with Gasteiger partial charge in [-0.1, -0.05) is 18.2 Å². The number of carboxylic acids is 1. The standard InChI is InChI=1S/C15H13BrN2O4/c1-22-13-9(14(19)20)5-4-8-12(13)18-15(21)17-11-7-3-2-6-10(11)16/h2-8H,1H3,(H,19,20)(H2,17,18,21). The third-order valence-electron chi connectivity index (χ3n) is 2.82. The number of hydrogen-bond acceptors (Lipinski definition) is 3. The number of carbonyl (C=O) groups is 2. The molecule has 0 heterocycles. The van der Waals surface area contributed by atoms with Crippen LogP contribution in [0, 0.1) is 0 Å². The van der Waals surface area contributed by atoms with E-state index in [1.807, 2.05) is 6.07 Å². The summed E-state index contributed by atoms with van der Waals surface area (Å²) in [4.78, 5) is 23.2. The van der Waals surface area contributed by atoms with Gasteiger partial charge < -0.3 is 20.5 Å². The van der Waals surface area contributed by atoms with Gasteiger partial charge >= 0.3 is 12.0 Å². The van der Waals surface area contributed by atoms with Crippen molar-refractivity contribution in [2.75, 3.05) is 17.7 Å². The predicted octanol–water partition coefficient (Wildman–Crippen LogP) is 3.80. The SMILES string of the molecule is COc1c(NC(=O)Nc2ccccc2Br)cccc1C(=O)O. The topological polar surface area (TPSA) is 87.7 Å². The van der Waals surface area contributed by atoms with Crippen molar-refractivity contribution in [2.45, 2.75) is 0 Å². The van der Waals surface area contributed by atoms with Crippen LogP contribution in [0.1, 0.15) is 10.4 Å². The number of urea groups is 1. The molecule has 2 aromatic carbocycles. The van der Waals surface area contributed by atoms with Crippen molar-refractivity contribution < 1.29 is 19.4 Å². The van der Waals surface area contributed by atoms with E-state index in [0.29, 0.717) is 5.69 Å². The molecule has 6 nitrogen and oxygen atoms in total. The van der Waals surface area contributed by atoms with Gasteiger partial charge in [-0.25, -0.2) is 9.59 Å². The minimum Gasteiger partial charge on any atom is -0.494 e. The highest BCUT2D eigenvalue weighted by atomic mass is 79.9. The summed E-state index contributed by atoms with van der Waals surface area (Å²) in [6.07, 6.45) is 0. The third kappa shape index (κ3) is 3.56. The summed E-state index contributed by atoms with van der Waals surface area (Å²) < 4.78 is 5.81. The maximum atomic E-state index is 12.0. The smallest absolute Gasteiger partial charge is 0.339 e. The van der Waals surface area contributed by atoms with E-state index in [2.05, 4.69) is 26.6 Å². The van der Waals surface area contributed by atoms with E-state index in [0.717, 1.165) is 4.47 Å². The molecule has 0 unspecified atom stereocenters.